The van der Waals surface area contributed by atoms with Crippen LogP contribution < -0.4 is 10.1 Å². The number of halogens is 2. The zero-order chi connectivity index (χ0) is 27.6. The van der Waals surface area contributed by atoms with Gasteiger partial charge in [-0.1, -0.05) is 54.4 Å². The summed E-state index contributed by atoms with van der Waals surface area (Å²) in [5, 5.41) is 23.1. The van der Waals surface area contributed by atoms with Crippen molar-refractivity contribution in [2.24, 2.45) is 10.2 Å². The minimum atomic E-state index is -4.70. The Bertz CT molecular complexity index is 1710. The SMILES string of the molecule is CCc1cc(Cl)c(N=Nc2c(O)c(C(=O)Nc3cc(Cl)cc(OC)c3)cc3ccccc23)c(S(=O)(=O)O)c1. The lowest BCUT2D eigenvalue weighted by molar-refractivity contribution is 0.102. The number of carbonyl (C=O) groups excluding carboxylic acids is 1. The van der Waals surface area contributed by atoms with Crippen molar-refractivity contribution in [1.82, 2.24) is 0 Å². The summed E-state index contributed by atoms with van der Waals surface area (Å²) >= 11 is 12.4. The van der Waals surface area contributed by atoms with E-state index < -0.39 is 26.7 Å². The Morgan fingerprint density at radius 3 is 2.42 bits per heavy atom. The van der Waals surface area contributed by atoms with Gasteiger partial charge in [0.25, 0.3) is 16.0 Å². The van der Waals surface area contributed by atoms with Gasteiger partial charge in [-0.3, -0.25) is 9.35 Å². The fourth-order valence-corrected chi connectivity index (χ4v) is 5.02. The van der Waals surface area contributed by atoms with Gasteiger partial charge >= 0.3 is 0 Å². The van der Waals surface area contributed by atoms with E-state index in [1.54, 1.807) is 43.3 Å². The van der Waals surface area contributed by atoms with Crippen molar-refractivity contribution >= 4 is 67.1 Å². The van der Waals surface area contributed by atoms with Gasteiger partial charge in [-0.2, -0.15) is 8.42 Å². The van der Waals surface area contributed by atoms with Crippen molar-refractivity contribution in [2.75, 3.05) is 12.4 Å². The molecule has 0 saturated carbocycles. The van der Waals surface area contributed by atoms with Crippen molar-refractivity contribution in [3.63, 3.8) is 0 Å². The molecule has 0 heterocycles. The topological polar surface area (TPSA) is 138 Å². The zero-order valence-corrected chi connectivity index (χ0v) is 22.4. The normalized spacial score (nSPS) is 11.7. The molecule has 0 saturated heterocycles. The van der Waals surface area contributed by atoms with E-state index in [1.807, 2.05) is 0 Å². The van der Waals surface area contributed by atoms with E-state index in [2.05, 4.69) is 15.5 Å². The van der Waals surface area contributed by atoms with Crippen molar-refractivity contribution in [2.45, 2.75) is 18.2 Å². The van der Waals surface area contributed by atoms with Crippen molar-refractivity contribution in [1.29, 1.82) is 0 Å². The molecule has 0 aromatic heterocycles. The smallest absolute Gasteiger partial charge is 0.296 e. The van der Waals surface area contributed by atoms with E-state index >= 15 is 0 Å². The number of rotatable bonds is 7. The molecule has 0 aliphatic carbocycles. The summed E-state index contributed by atoms with van der Waals surface area (Å²) in [7, 11) is -3.24. The van der Waals surface area contributed by atoms with Gasteiger partial charge in [-0.15, -0.1) is 10.2 Å². The Labute approximate surface area is 228 Å². The lowest BCUT2D eigenvalue weighted by Gasteiger charge is -2.12. The number of phenols is 1. The molecule has 0 fully saturated rings. The monoisotopic (exact) mass is 573 g/mol. The van der Waals surface area contributed by atoms with Crippen molar-refractivity contribution in [3.05, 3.63) is 81.8 Å². The van der Waals surface area contributed by atoms with Gasteiger partial charge in [0.15, 0.2) is 5.75 Å². The summed E-state index contributed by atoms with van der Waals surface area (Å²) in [6, 6.07) is 15.7. The molecule has 0 radical (unpaired) electrons. The van der Waals surface area contributed by atoms with Crippen molar-refractivity contribution in [3.8, 4) is 11.5 Å². The Balaban J connectivity index is 1.84. The maximum absolute atomic E-state index is 13.2. The Morgan fingerprint density at radius 1 is 1.03 bits per heavy atom. The van der Waals surface area contributed by atoms with E-state index in [-0.39, 0.29) is 22.0 Å². The van der Waals surface area contributed by atoms with Gasteiger partial charge in [0.05, 0.1) is 17.7 Å². The molecule has 38 heavy (non-hydrogen) atoms. The summed E-state index contributed by atoms with van der Waals surface area (Å²) in [4.78, 5) is 12.6. The first-order chi connectivity index (χ1) is 18.0. The number of nitrogens with one attached hydrogen (secondary N) is 1. The number of benzene rings is 4. The van der Waals surface area contributed by atoms with E-state index in [9.17, 15) is 22.9 Å². The maximum Gasteiger partial charge on any atom is 0.296 e. The number of ether oxygens (including phenoxy) is 1. The summed E-state index contributed by atoms with van der Waals surface area (Å²) in [6.45, 7) is 1.79. The quantitative estimate of drug-likeness (QED) is 0.156. The Hall–Kier alpha value is -3.70. The third kappa shape index (κ3) is 5.73. The number of carbonyl (C=O) groups is 1. The van der Waals surface area contributed by atoms with Crippen LogP contribution in [0.5, 0.6) is 11.5 Å². The highest BCUT2D eigenvalue weighted by atomic mass is 35.5. The number of fused-ring (bicyclic) bond motifs is 1. The molecule has 0 unspecified atom stereocenters. The van der Waals surface area contributed by atoms with Crippen LogP contribution in [0.2, 0.25) is 10.0 Å². The minimum Gasteiger partial charge on any atom is -0.505 e. The van der Waals surface area contributed by atoms with Gasteiger partial charge in [-0.05, 0) is 47.7 Å². The molecule has 3 N–H and O–H groups in total. The van der Waals surface area contributed by atoms with Crippen LogP contribution in [0.25, 0.3) is 10.8 Å². The average molecular weight is 574 g/mol. The Morgan fingerprint density at radius 2 is 1.74 bits per heavy atom. The summed E-state index contributed by atoms with van der Waals surface area (Å²) in [5.74, 6) is -0.753. The molecule has 9 nitrogen and oxygen atoms in total. The number of hydrogen-bond donors (Lipinski definition) is 3. The first-order valence-corrected chi connectivity index (χ1v) is 13.3. The first kappa shape index (κ1) is 27.3. The Kier molecular flexibility index (Phi) is 7.89. The highest BCUT2D eigenvalue weighted by Crippen LogP contribution is 2.42. The number of methoxy groups -OCH3 is 1. The molecule has 0 spiro atoms. The van der Waals surface area contributed by atoms with E-state index in [1.165, 1.54) is 31.4 Å². The predicted octanol–water partition coefficient (Wildman–Crippen LogP) is 7.34. The van der Waals surface area contributed by atoms with E-state index in [0.29, 0.717) is 39.2 Å². The second-order valence-corrected chi connectivity index (χ2v) is 10.4. The number of azo groups is 1. The number of nitrogens with zero attached hydrogens (tertiary/aromatic N) is 2. The highest BCUT2D eigenvalue weighted by Gasteiger charge is 2.22. The van der Waals surface area contributed by atoms with Gasteiger partial charge in [0.2, 0.25) is 0 Å². The molecule has 0 aliphatic heterocycles. The maximum atomic E-state index is 13.2. The minimum absolute atomic E-state index is 0.0617. The van der Waals surface area contributed by atoms with E-state index in [4.69, 9.17) is 27.9 Å². The molecular weight excluding hydrogens is 553 g/mol. The number of hydrogen-bond acceptors (Lipinski definition) is 7. The van der Waals surface area contributed by atoms with Crippen LogP contribution >= 0.6 is 23.2 Å². The third-order valence-electron chi connectivity index (χ3n) is 5.63. The van der Waals surface area contributed by atoms with Crippen LogP contribution in [0.4, 0.5) is 17.1 Å². The molecule has 0 bridgehead atoms. The molecule has 0 aliphatic rings. The molecule has 196 valence electrons. The highest BCUT2D eigenvalue weighted by molar-refractivity contribution is 7.86. The number of amides is 1. The fourth-order valence-electron chi connectivity index (χ4n) is 3.77. The summed E-state index contributed by atoms with van der Waals surface area (Å²) in [6.07, 6.45) is 0.459. The number of anilines is 1. The molecular formula is C26H21Cl2N3O6S. The van der Waals surface area contributed by atoms with Gasteiger partial charge in [-0.25, -0.2) is 0 Å². The average Bonchev–Trinajstić information content (AvgIpc) is 2.87. The number of aryl methyl sites for hydroxylation is 1. The van der Waals surface area contributed by atoms with Crippen LogP contribution in [0.15, 0.2) is 75.8 Å². The number of aromatic hydroxyl groups is 1. The number of phenolic OH excluding ortho intramolecular Hbond substituents is 1. The predicted molar refractivity (Wildman–Crippen MR) is 146 cm³/mol. The lowest BCUT2D eigenvalue weighted by atomic mass is 10.0. The van der Waals surface area contributed by atoms with Crippen LogP contribution in [0.1, 0.15) is 22.8 Å². The lowest BCUT2D eigenvalue weighted by Crippen LogP contribution is -2.12. The summed E-state index contributed by atoms with van der Waals surface area (Å²) in [5.41, 5.74) is 0.352. The van der Waals surface area contributed by atoms with Gasteiger partial charge in [0, 0.05) is 22.2 Å². The third-order valence-corrected chi connectivity index (χ3v) is 7.00. The molecule has 1 amide bonds. The second-order valence-electron chi connectivity index (χ2n) is 8.13. The van der Waals surface area contributed by atoms with Crippen LogP contribution in [0.3, 0.4) is 0 Å². The molecule has 4 rings (SSSR count). The first-order valence-electron chi connectivity index (χ1n) is 11.1. The van der Waals surface area contributed by atoms with Gasteiger partial charge in [0.1, 0.15) is 22.0 Å². The largest absolute Gasteiger partial charge is 0.505 e. The van der Waals surface area contributed by atoms with Crippen LogP contribution in [0, 0.1) is 0 Å². The molecule has 4 aromatic carbocycles. The molecule has 12 heteroatoms. The second kappa shape index (κ2) is 11.0. The zero-order valence-electron chi connectivity index (χ0n) is 20.1. The molecule has 0 atom stereocenters. The standard InChI is InChI=1S/C26H21Cl2N3O6S/c1-3-14-8-21(28)24(22(9-14)38(34,35)36)31-30-23-19-7-5-4-6-15(19)10-20(25(23)32)26(33)29-17-11-16(27)12-18(13-17)37-2/h4-13,32H,3H2,1-2H3,(H,29,33)(H,34,35,36). The van der Waals surface area contributed by atoms with E-state index in [0.717, 1.165) is 0 Å². The molecule has 4 aromatic rings. The summed E-state index contributed by atoms with van der Waals surface area (Å²) < 4.78 is 39.0. The van der Waals surface area contributed by atoms with Crippen molar-refractivity contribution < 1.29 is 27.6 Å². The van der Waals surface area contributed by atoms with Gasteiger partial charge < -0.3 is 15.2 Å². The van der Waals surface area contributed by atoms with Crippen LogP contribution in [-0.4, -0.2) is 31.1 Å². The van der Waals surface area contributed by atoms with Crippen LogP contribution in [-0.2, 0) is 16.5 Å². The fraction of sp³-hybridized carbons (Fsp3) is 0.115.